The highest BCUT2D eigenvalue weighted by Crippen LogP contribution is 2.24. The molecule has 29 heavy (non-hydrogen) atoms. The third kappa shape index (κ3) is 6.19. The summed E-state index contributed by atoms with van der Waals surface area (Å²) in [4.78, 5) is 12.6. The molecule has 0 radical (unpaired) electrons. The average molecular weight is 432 g/mol. The highest BCUT2D eigenvalue weighted by Gasteiger charge is 2.17. The quantitative estimate of drug-likeness (QED) is 0.573. The molecule has 1 amide bonds. The highest BCUT2D eigenvalue weighted by molar-refractivity contribution is 7.89. The molecular formula is C21H22ClN3O3S. The number of nitrogens with zero attached hydrogens (tertiary/aromatic N) is 1. The molecule has 0 bridgehead atoms. The smallest absolute Gasteiger partial charge is 0.238 e. The van der Waals surface area contributed by atoms with E-state index in [4.69, 9.17) is 16.7 Å². The van der Waals surface area contributed by atoms with Crippen molar-refractivity contribution in [3.05, 3.63) is 89.2 Å². The summed E-state index contributed by atoms with van der Waals surface area (Å²) in [5, 5.41) is 8.64. The second kappa shape index (κ2) is 9.26. The predicted octanol–water partition coefficient (Wildman–Crippen LogP) is 3.28. The Hall–Kier alpha value is -2.61. The number of hydrogen-bond acceptors (Lipinski definition) is 3. The highest BCUT2D eigenvalue weighted by atomic mass is 35.5. The van der Waals surface area contributed by atoms with E-state index in [1.165, 1.54) is 12.1 Å². The first-order valence-corrected chi connectivity index (χ1v) is 11.0. The van der Waals surface area contributed by atoms with E-state index in [0.717, 1.165) is 11.1 Å². The molecule has 1 heterocycles. The molecule has 0 fully saturated rings. The van der Waals surface area contributed by atoms with Gasteiger partial charge in [0.25, 0.3) is 0 Å². The predicted molar refractivity (Wildman–Crippen MR) is 113 cm³/mol. The number of hydrogen-bond donors (Lipinski definition) is 2. The van der Waals surface area contributed by atoms with Gasteiger partial charge in [-0.15, -0.1) is 0 Å². The molecule has 3 aromatic rings. The van der Waals surface area contributed by atoms with Crippen LogP contribution >= 0.6 is 11.6 Å². The Labute approximate surface area is 175 Å². The van der Waals surface area contributed by atoms with E-state index < -0.39 is 10.0 Å². The van der Waals surface area contributed by atoms with Crippen molar-refractivity contribution in [1.82, 2.24) is 9.88 Å². The van der Waals surface area contributed by atoms with Gasteiger partial charge in [-0.25, -0.2) is 13.6 Å². The summed E-state index contributed by atoms with van der Waals surface area (Å²) in [5.41, 5.74) is 1.83. The largest absolute Gasteiger partial charge is 0.354 e. The number of primary sulfonamides is 1. The SMILES string of the molecule is NS(=O)(=O)c1ccc(CNC(=O)C[C@H](Cn2cccc2)c2ccc(Cl)cc2)cc1. The maximum atomic E-state index is 12.6. The second-order valence-corrected chi connectivity index (χ2v) is 8.80. The fraction of sp³-hybridized carbons (Fsp3) is 0.190. The van der Waals surface area contributed by atoms with Crippen LogP contribution in [0.2, 0.25) is 5.02 Å². The summed E-state index contributed by atoms with van der Waals surface area (Å²) in [6, 6.07) is 17.6. The Kier molecular flexibility index (Phi) is 6.74. The zero-order valence-corrected chi connectivity index (χ0v) is 17.2. The molecule has 8 heteroatoms. The number of benzene rings is 2. The molecule has 0 aliphatic heterocycles. The third-order valence-corrected chi connectivity index (χ3v) is 5.79. The molecule has 0 saturated carbocycles. The van der Waals surface area contributed by atoms with Crippen molar-refractivity contribution >= 4 is 27.5 Å². The number of nitrogens with two attached hydrogens (primary N) is 1. The minimum absolute atomic E-state index is 0.00979. The van der Waals surface area contributed by atoms with E-state index in [-0.39, 0.29) is 16.7 Å². The maximum absolute atomic E-state index is 12.6. The van der Waals surface area contributed by atoms with Gasteiger partial charge in [0.1, 0.15) is 0 Å². The minimum Gasteiger partial charge on any atom is -0.354 e. The lowest BCUT2D eigenvalue weighted by atomic mass is 9.95. The van der Waals surface area contributed by atoms with E-state index >= 15 is 0 Å². The molecule has 0 aliphatic carbocycles. The number of rotatable bonds is 8. The number of carbonyl (C=O) groups excluding carboxylic acids is 1. The first kappa shape index (κ1) is 21.1. The van der Waals surface area contributed by atoms with Crippen LogP contribution in [0.25, 0.3) is 0 Å². The minimum atomic E-state index is -3.72. The van der Waals surface area contributed by atoms with E-state index in [1.807, 2.05) is 53.4 Å². The Morgan fingerprint density at radius 3 is 2.24 bits per heavy atom. The van der Waals surface area contributed by atoms with Crippen molar-refractivity contribution in [2.75, 3.05) is 0 Å². The van der Waals surface area contributed by atoms with Crippen molar-refractivity contribution in [2.24, 2.45) is 5.14 Å². The van der Waals surface area contributed by atoms with Crippen molar-refractivity contribution in [1.29, 1.82) is 0 Å². The Bertz CT molecular complexity index is 1050. The zero-order valence-electron chi connectivity index (χ0n) is 15.7. The molecule has 3 rings (SSSR count). The van der Waals surface area contributed by atoms with Crippen LogP contribution < -0.4 is 10.5 Å². The van der Waals surface area contributed by atoms with E-state index in [9.17, 15) is 13.2 Å². The van der Waals surface area contributed by atoms with Crippen molar-refractivity contribution in [2.45, 2.75) is 30.3 Å². The van der Waals surface area contributed by atoms with Crippen LogP contribution in [-0.2, 0) is 27.9 Å². The van der Waals surface area contributed by atoms with Crippen LogP contribution in [0.5, 0.6) is 0 Å². The zero-order chi connectivity index (χ0) is 20.9. The molecule has 3 N–H and O–H groups in total. The summed E-state index contributed by atoms with van der Waals surface area (Å²) in [7, 11) is -3.72. The lowest BCUT2D eigenvalue weighted by Crippen LogP contribution is -2.26. The van der Waals surface area contributed by atoms with Gasteiger partial charge in [0.15, 0.2) is 0 Å². The van der Waals surface area contributed by atoms with Crippen LogP contribution in [0.15, 0.2) is 78.0 Å². The number of aromatic nitrogens is 1. The summed E-state index contributed by atoms with van der Waals surface area (Å²) >= 11 is 5.99. The van der Waals surface area contributed by atoms with E-state index in [0.29, 0.717) is 24.5 Å². The van der Waals surface area contributed by atoms with Gasteiger partial charge in [-0.2, -0.15) is 0 Å². The number of nitrogens with one attached hydrogen (secondary N) is 1. The van der Waals surface area contributed by atoms with E-state index in [2.05, 4.69) is 5.32 Å². The lowest BCUT2D eigenvalue weighted by molar-refractivity contribution is -0.121. The van der Waals surface area contributed by atoms with Gasteiger partial charge in [0, 0.05) is 42.8 Å². The number of halogens is 1. The summed E-state index contributed by atoms with van der Waals surface area (Å²) < 4.78 is 24.7. The maximum Gasteiger partial charge on any atom is 0.238 e. The lowest BCUT2D eigenvalue weighted by Gasteiger charge is -2.18. The van der Waals surface area contributed by atoms with Crippen LogP contribution in [0, 0.1) is 0 Å². The van der Waals surface area contributed by atoms with Gasteiger partial charge in [-0.3, -0.25) is 4.79 Å². The van der Waals surface area contributed by atoms with E-state index in [1.54, 1.807) is 12.1 Å². The standard InChI is InChI=1S/C21H22ClN3O3S/c22-19-7-5-17(6-8-19)18(15-25-11-1-2-12-25)13-21(26)24-14-16-3-9-20(10-4-16)29(23,27)28/h1-12,18H,13-15H2,(H,24,26)(H2,23,27,28)/t18-/m1/s1. The van der Waals surface area contributed by atoms with Crippen LogP contribution in [0.3, 0.4) is 0 Å². The molecule has 152 valence electrons. The fourth-order valence-corrected chi connectivity index (χ4v) is 3.70. The molecule has 0 spiro atoms. The Morgan fingerprint density at radius 2 is 1.66 bits per heavy atom. The van der Waals surface area contributed by atoms with Crippen LogP contribution in [-0.4, -0.2) is 18.9 Å². The van der Waals surface area contributed by atoms with Gasteiger partial charge < -0.3 is 9.88 Å². The molecule has 1 atom stereocenters. The van der Waals surface area contributed by atoms with Crippen molar-refractivity contribution in [3.63, 3.8) is 0 Å². The second-order valence-electron chi connectivity index (χ2n) is 6.80. The topological polar surface area (TPSA) is 94.2 Å². The van der Waals surface area contributed by atoms with Gasteiger partial charge in [0.05, 0.1) is 4.90 Å². The Morgan fingerprint density at radius 1 is 1.03 bits per heavy atom. The molecule has 1 aromatic heterocycles. The Balaban J connectivity index is 1.64. The monoisotopic (exact) mass is 431 g/mol. The summed E-state index contributed by atoms with van der Waals surface area (Å²) in [6.07, 6.45) is 4.25. The van der Waals surface area contributed by atoms with Crippen molar-refractivity contribution < 1.29 is 13.2 Å². The van der Waals surface area contributed by atoms with Gasteiger partial charge in [-0.1, -0.05) is 35.9 Å². The normalized spacial score (nSPS) is 12.5. The van der Waals surface area contributed by atoms with Gasteiger partial charge in [0.2, 0.25) is 15.9 Å². The third-order valence-electron chi connectivity index (χ3n) is 4.61. The van der Waals surface area contributed by atoms with Crippen molar-refractivity contribution in [3.8, 4) is 0 Å². The van der Waals surface area contributed by atoms with Crippen LogP contribution in [0.1, 0.15) is 23.5 Å². The molecule has 0 aliphatic rings. The van der Waals surface area contributed by atoms with Gasteiger partial charge in [-0.05, 0) is 47.5 Å². The number of sulfonamides is 1. The van der Waals surface area contributed by atoms with Crippen LogP contribution in [0.4, 0.5) is 0 Å². The number of amides is 1. The molecular weight excluding hydrogens is 410 g/mol. The summed E-state index contributed by atoms with van der Waals surface area (Å²) in [6.45, 7) is 0.978. The average Bonchev–Trinajstić information content (AvgIpc) is 3.19. The fourth-order valence-electron chi connectivity index (χ4n) is 3.06. The molecule has 0 unspecified atom stereocenters. The number of carbonyl (C=O) groups is 1. The molecule has 6 nitrogen and oxygen atoms in total. The first-order chi connectivity index (χ1) is 13.8. The molecule has 2 aromatic carbocycles. The first-order valence-electron chi connectivity index (χ1n) is 9.06. The van der Waals surface area contributed by atoms with Gasteiger partial charge >= 0.3 is 0 Å². The summed E-state index contributed by atoms with van der Waals surface area (Å²) in [5.74, 6) is -0.0999. The molecule has 0 saturated heterocycles.